The van der Waals surface area contributed by atoms with Gasteiger partial charge >= 0.3 is 12.1 Å². The summed E-state index contributed by atoms with van der Waals surface area (Å²) in [7, 11) is 0. The Labute approximate surface area is 283 Å². The van der Waals surface area contributed by atoms with Gasteiger partial charge in [0.15, 0.2) is 0 Å². The number of hydrogen-bond acceptors (Lipinski definition) is 4. The van der Waals surface area contributed by atoms with E-state index in [-0.39, 0.29) is 24.0 Å². The largest absolute Gasteiger partial charge is 0.341 e. The van der Waals surface area contributed by atoms with Crippen LogP contribution >= 0.6 is 31.9 Å². The number of halogens is 2. The average Bonchev–Trinajstić information content (AvgIpc) is 3.48. The van der Waals surface area contributed by atoms with E-state index in [1.165, 1.54) is 12.8 Å². The Morgan fingerprint density at radius 2 is 1.58 bits per heavy atom. The van der Waals surface area contributed by atoms with Crippen molar-refractivity contribution in [1.82, 2.24) is 24.9 Å². The maximum absolute atomic E-state index is 14.0. The SMILES string of the molecule is Cc1c(Br)cc(CC(NC(=O)N2CCC(N3Cc4ccccc4NC3=O)CC2)C(=O)N2CCC(N3CCC[C@@H]3C)CC2)cc1Br. The Kier molecular flexibility index (Phi) is 10.1. The van der Waals surface area contributed by atoms with Crippen molar-refractivity contribution in [1.29, 1.82) is 0 Å². The van der Waals surface area contributed by atoms with Crippen LogP contribution in [-0.4, -0.2) is 94.5 Å². The van der Waals surface area contributed by atoms with Crippen LogP contribution in [0, 0.1) is 6.92 Å². The van der Waals surface area contributed by atoms with Gasteiger partial charge in [0.05, 0.1) is 0 Å². The summed E-state index contributed by atoms with van der Waals surface area (Å²) >= 11 is 7.30. The van der Waals surface area contributed by atoms with Crippen molar-refractivity contribution >= 4 is 55.5 Å². The van der Waals surface area contributed by atoms with Gasteiger partial charge in [0.2, 0.25) is 5.91 Å². The smallest absolute Gasteiger partial charge is 0.322 e. The van der Waals surface area contributed by atoms with Crippen LogP contribution < -0.4 is 10.6 Å². The molecule has 3 fully saturated rings. The standard InChI is InChI=1S/C34H44Br2N6O3/c1-22-6-5-13-41(22)26-9-14-39(15-10-26)32(43)31(20-24-18-28(35)23(2)29(36)19-24)38-33(44)40-16-11-27(12-17-40)42-21-25-7-3-4-8-30(25)37-34(42)45/h3-4,7-8,18-19,22,26-27,31H,5-6,9-17,20-21H2,1-2H3,(H,37,45)(H,38,44)/t22-,31?/m0/s1. The minimum Gasteiger partial charge on any atom is -0.341 e. The van der Waals surface area contributed by atoms with Crippen molar-refractivity contribution in [2.45, 2.75) is 89.5 Å². The molecule has 0 aromatic heterocycles. The number of anilines is 1. The van der Waals surface area contributed by atoms with Crippen LogP contribution in [0.25, 0.3) is 0 Å². The first-order valence-electron chi connectivity index (χ1n) is 16.4. The van der Waals surface area contributed by atoms with E-state index in [0.717, 1.165) is 50.7 Å². The van der Waals surface area contributed by atoms with Crippen molar-refractivity contribution in [2.24, 2.45) is 0 Å². The number of carbonyl (C=O) groups excluding carboxylic acids is 3. The summed E-state index contributed by atoms with van der Waals surface area (Å²) in [5, 5.41) is 6.15. The molecule has 11 heteroatoms. The summed E-state index contributed by atoms with van der Waals surface area (Å²) in [6.45, 7) is 8.57. The fraction of sp³-hybridized carbons (Fsp3) is 0.559. The number of rotatable bonds is 6. The van der Waals surface area contributed by atoms with Crippen LogP contribution in [0.15, 0.2) is 45.3 Å². The van der Waals surface area contributed by atoms with Crippen LogP contribution in [0.4, 0.5) is 15.3 Å². The third kappa shape index (κ3) is 7.20. The lowest BCUT2D eigenvalue weighted by Gasteiger charge is -2.41. The molecule has 9 nitrogen and oxygen atoms in total. The maximum atomic E-state index is 14.0. The second kappa shape index (κ2) is 14.0. The molecule has 4 aliphatic rings. The molecule has 4 aliphatic heterocycles. The van der Waals surface area contributed by atoms with Gasteiger partial charge in [-0.3, -0.25) is 9.69 Å². The van der Waals surface area contributed by atoms with E-state index in [9.17, 15) is 14.4 Å². The molecule has 0 saturated carbocycles. The quantitative estimate of drug-likeness (QED) is 0.373. The Morgan fingerprint density at radius 1 is 0.933 bits per heavy atom. The lowest BCUT2D eigenvalue weighted by atomic mass is 9.99. The van der Waals surface area contributed by atoms with E-state index in [1.807, 2.05) is 53.1 Å². The highest BCUT2D eigenvalue weighted by Gasteiger charge is 2.36. The molecule has 2 aromatic carbocycles. The number of amides is 5. The third-order valence-electron chi connectivity index (χ3n) is 10.3. The number of likely N-dealkylation sites (tertiary alicyclic amines) is 3. The molecule has 4 heterocycles. The van der Waals surface area contributed by atoms with Gasteiger partial charge in [0.1, 0.15) is 6.04 Å². The Hall–Kier alpha value is -2.63. The first kappa shape index (κ1) is 32.3. The molecule has 0 radical (unpaired) electrons. The molecule has 5 amide bonds. The number of nitrogens with one attached hydrogen (secondary N) is 2. The van der Waals surface area contributed by atoms with Crippen LogP contribution in [0.1, 0.15) is 62.1 Å². The van der Waals surface area contributed by atoms with Crippen molar-refractivity contribution in [3.8, 4) is 0 Å². The zero-order valence-corrected chi connectivity index (χ0v) is 29.4. The van der Waals surface area contributed by atoms with Crippen molar-refractivity contribution in [3.05, 3.63) is 62.0 Å². The van der Waals surface area contributed by atoms with Crippen molar-refractivity contribution in [3.63, 3.8) is 0 Å². The molecule has 0 bridgehead atoms. The van der Waals surface area contributed by atoms with E-state index >= 15 is 0 Å². The molecule has 2 aromatic rings. The van der Waals surface area contributed by atoms with E-state index in [4.69, 9.17) is 0 Å². The molecule has 6 rings (SSSR count). The number of carbonyl (C=O) groups is 3. The van der Waals surface area contributed by atoms with Crippen LogP contribution in [0.3, 0.4) is 0 Å². The fourth-order valence-electron chi connectivity index (χ4n) is 7.53. The van der Waals surface area contributed by atoms with Crippen LogP contribution in [0.2, 0.25) is 0 Å². The van der Waals surface area contributed by atoms with Gasteiger partial charge in [-0.1, -0.05) is 50.1 Å². The second-order valence-electron chi connectivity index (χ2n) is 13.1. The number of fused-ring (bicyclic) bond motifs is 1. The predicted molar refractivity (Wildman–Crippen MR) is 183 cm³/mol. The summed E-state index contributed by atoms with van der Waals surface area (Å²) in [5.74, 6) is -0.0115. The number of para-hydroxylation sites is 1. The van der Waals surface area contributed by atoms with E-state index in [2.05, 4.69) is 54.3 Å². The lowest BCUT2D eigenvalue weighted by Crippen LogP contribution is -2.57. The van der Waals surface area contributed by atoms with Crippen molar-refractivity contribution in [2.75, 3.05) is 38.0 Å². The first-order valence-corrected chi connectivity index (χ1v) is 18.0. The second-order valence-corrected chi connectivity index (χ2v) is 14.8. The fourth-order valence-corrected chi connectivity index (χ4v) is 8.81. The number of nitrogens with zero attached hydrogens (tertiary/aromatic N) is 4. The highest BCUT2D eigenvalue weighted by atomic mass is 79.9. The maximum Gasteiger partial charge on any atom is 0.322 e. The van der Waals surface area contributed by atoms with Gasteiger partial charge in [-0.2, -0.15) is 0 Å². The molecule has 0 aliphatic carbocycles. The van der Waals surface area contributed by atoms with Gasteiger partial charge < -0.3 is 25.3 Å². The third-order valence-corrected chi connectivity index (χ3v) is 11.9. The van der Waals surface area contributed by atoms with Crippen LogP contribution in [0.5, 0.6) is 0 Å². The monoisotopic (exact) mass is 742 g/mol. The van der Waals surface area contributed by atoms with E-state index in [1.54, 1.807) is 4.90 Å². The summed E-state index contributed by atoms with van der Waals surface area (Å²) in [6.07, 6.45) is 6.26. The van der Waals surface area contributed by atoms with Gasteiger partial charge in [-0.05, 0) is 93.8 Å². The van der Waals surface area contributed by atoms with Crippen LogP contribution in [-0.2, 0) is 17.8 Å². The topological polar surface area (TPSA) is 88.2 Å². The first-order chi connectivity index (χ1) is 21.7. The molecule has 242 valence electrons. The minimum atomic E-state index is -0.664. The lowest BCUT2D eigenvalue weighted by molar-refractivity contribution is -0.134. The number of urea groups is 2. The molecule has 2 N–H and O–H groups in total. The molecular weight excluding hydrogens is 700 g/mol. The highest BCUT2D eigenvalue weighted by Crippen LogP contribution is 2.30. The van der Waals surface area contributed by atoms with Gasteiger partial charge in [-0.25, -0.2) is 9.59 Å². The van der Waals surface area contributed by atoms with Crippen molar-refractivity contribution < 1.29 is 14.4 Å². The summed E-state index contributed by atoms with van der Waals surface area (Å²) < 4.78 is 1.94. The molecule has 1 unspecified atom stereocenters. The number of piperidine rings is 2. The minimum absolute atomic E-state index is 0.0115. The van der Waals surface area contributed by atoms with E-state index < -0.39 is 6.04 Å². The predicted octanol–water partition coefficient (Wildman–Crippen LogP) is 6.13. The summed E-state index contributed by atoms with van der Waals surface area (Å²) in [4.78, 5) is 48.9. The molecule has 3 saturated heterocycles. The average molecular weight is 745 g/mol. The Morgan fingerprint density at radius 3 is 2.24 bits per heavy atom. The van der Waals surface area contributed by atoms with Gasteiger partial charge in [0.25, 0.3) is 0 Å². The summed E-state index contributed by atoms with van der Waals surface area (Å²) in [6, 6.07) is 12.2. The number of hydrogen-bond donors (Lipinski definition) is 2. The molecular formula is C34H44Br2N6O3. The zero-order valence-electron chi connectivity index (χ0n) is 26.2. The normalized spacial score (nSPS) is 22.3. The molecule has 0 spiro atoms. The Bertz CT molecular complexity index is 1400. The number of benzene rings is 2. The summed E-state index contributed by atoms with van der Waals surface area (Å²) in [5.41, 5.74) is 4.05. The Balaban J connectivity index is 1.10. The van der Waals surface area contributed by atoms with Gasteiger partial charge in [-0.15, -0.1) is 0 Å². The van der Waals surface area contributed by atoms with Gasteiger partial charge in [0, 0.05) is 71.9 Å². The van der Waals surface area contributed by atoms with E-state index in [0.29, 0.717) is 64.1 Å². The zero-order chi connectivity index (χ0) is 31.7. The molecule has 45 heavy (non-hydrogen) atoms. The molecule has 2 atom stereocenters. The highest BCUT2D eigenvalue weighted by molar-refractivity contribution is 9.11.